The summed E-state index contributed by atoms with van der Waals surface area (Å²) in [4.78, 5) is 12.1. The van der Waals surface area contributed by atoms with Crippen LogP contribution in [0.15, 0.2) is 48.5 Å². The lowest BCUT2D eigenvalue weighted by Gasteiger charge is -2.27. The number of fused-ring (bicyclic) bond motifs is 1. The van der Waals surface area contributed by atoms with Crippen LogP contribution in [0.5, 0.6) is 0 Å². The maximum atomic E-state index is 4.92. The van der Waals surface area contributed by atoms with Crippen LogP contribution < -0.4 is 10.2 Å². The van der Waals surface area contributed by atoms with Crippen molar-refractivity contribution in [1.82, 2.24) is 9.97 Å². The van der Waals surface area contributed by atoms with Crippen LogP contribution in [0.3, 0.4) is 0 Å². The van der Waals surface area contributed by atoms with E-state index in [4.69, 9.17) is 9.97 Å². The number of halogens is 1. The molecule has 1 aromatic heterocycles. The van der Waals surface area contributed by atoms with E-state index in [-0.39, 0.29) is 6.04 Å². The highest BCUT2D eigenvalue weighted by molar-refractivity contribution is 14.1. The highest BCUT2D eigenvalue weighted by Gasteiger charge is 2.18. The number of rotatable bonds is 4. The summed E-state index contributed by atoms with van der Waals surface area (Å²) in [5.74, 6) is 1.77. The second-order valence-electron chi connectivity index (χ2n) is 6.82. The molecule has 0 saturated carbocycles. The highest BCUT2D eigenvalue weighted by atomic mass is 127. The summed E-state index contributed by atoms with van der Waals surface area (Å²) in [7, 11) is 0. The third kappa shape index (κ3) is 3.63. The van der Waals surface area contributed by atoms with Gasteiger partial charge >= 0.3 is 0 Å². The van der Waals surface area contributed by atoms with Gasteiger partial charge in [0.2, 0.25) is 5.95 Å². The molecule has 1 aliphatic heterocycles. The molecule has 1 unspecified atom stereocenters. The molecule has 0 aliphatic carbocycles. The quantitative estimate of drug-likeness (QED) is 0.532. The van der Waals surface area contributed by atoms with Gasteiger partial charge in [0.05, 0.1) is 11.6 Å². The van der Waals surface area contributed by atoms with Gasteiger partial charge in [-0.25, -0.2) is 4.98 Å². The molecular weight excluding hydrogens is 435 g/mol. The molecule has 3 aromatic rings. The molecule has 2 aromatic carbocycles. The van der Waals surface area contributed by atoms with E-state index < -0.39 is 0 Å². The lowest BCUT2D eigenvalue weighted by molar-refractivity contribution is 0.569. The SMILES string of the molecule is CC(Nc1nc(N2CCCCC2)nc2ccccc12)c1ccccc1I. The zero-order valence-electron chi connectivity index (χ0n) is 15.0. The zero-order chi connectivity index (χ0) is 17.9. The van der Waals surface area contributed by atoms with Gasteiger partial charge in [-0.05, 0) is 72.5 Å². The molecule has 1 fully saturated rings. The summed E-state index contributed by atoms with van der Waals surface area (Å²) in [6.45, 7) is 4.28. The lowest BCUT2D eigenvalue weighted by atomic mass is 10.1. The van der Waals surface area contributed by atoms with Gasteiger partial charge in [-0.2, -0.15) is 4.98 Å². The van der Waals surface area contributed by atoms with Gasteiger partial charge in [0.15, 0.2) is 0 Å². The van der Waals surface area contributed by atoms with Crippen LogP contribution in [0.25, 0.3) is 10.9 Å². The van der Waals surface area contributed by atoms with E-state index in [0.29, 0.717) is 0 Å². The van der Waals surface area contributed by atoms with Crippen LogP contribution in [-0.4, -0.2) is 23.1 Å². The van der Waals surface area contributed by atoms with Crippen molar-refractivity contribution in [3.8, 4) is 0 Å². The van der Waals surface area contributed by atoms with Gasteiger partial charge in [-0.1, -0.05) is 30.3 Å². The Morgan fingerprint density at radius 1 is 0.962 bits per heavy atom. The fraction of sp³-hybridized carbons (Fsp3) is 0.333. The smallest absolute Gasteiger partial charge is 0.227 e. The number of para-hydroxylation sites is 1. The average molecular weight is 458 g/mol. The highest BCUT2D eigenvalue weighted by Crippen LogP contribution is 2.29. The van der Waals surface area contributed by atoms with Crippen LogP contribution in [0, 0.1) is 3.57 Å². The number of hydrogen-bond donors (Lipinski definition) is 1. The van der Waals surface area contributed by atoms with Crippen LogP contribution in [0.2, 0.25) is 0 Å². The number of aromatic nitrogens is 2. The molecule has 0 spiro atoms. The standard InChI is InChI=1S/C21H23IN4/c1-15(16-9-3-5-11-18(16)22)23-20-17-10-4-6-12-19(17)24-21(25-20)26-13-7-2-8-14-26/h3-6,9-12,15H,2,7-8,13-14H2,1H3,(H,23,24,25). The Morgan fingerprint density at radius 3 is 2.50 bits per heavy atom. The molecule has 134 valence electrons. The molecule has 4 rings (SSSR count). The van der Waals surface area contributed by atoms with Gasteiger partial charge in [-0.3, -0.25) is 0 Å². The zero-order valence-corrected chi connectivity index (χ0v) is 17.1. The van der Waals surface area contributed by atoms with E-state index in [1.807, 2.05) is 12.1 Å². The van der Waals surface area contributed by atoms with Crippen molar-refractivity contribution in [3.05, 3.63) is 57.7 Å². The molecule has 0 amide bonds. The van der Waals surface area contributed by atoms with E-state index in [9.17, 15) is 0 Å². The summed E-state index contributed by atoms with van der Waals surface area (Å²) in [6.07, 6.45) is 3.74. The maximum absolute atomic E-state index is 4.92. The Hall–Kier alpha value is -1.89. The largest absolute Gasteiger partial charge is 0.363 e. The molecule has 5 heteroatoms. The van der Waals surface area contributed by atoms with E-state index in [0.717, 1.165) is 35.8 Å². The average Bonchev–Trinajstić information content (AvgIpc) is 2.69. The van der Waals surface area contributed by atoms with Crippen molar-refractivity contribution in [1.29, 1.82) is 0 Å². The van der Waals surface area contributed by atoms with Crippen molar-refractivity contribution < 1.29 is 0 Å². The summed E-state index contributed by atoms with van der Waals surface area (Å²) >= 11 is 2.40. The summed E-state index contributed by atoms with van der Waals surface area (Å²) in [5, 5.41) is 4.71. The monoisotopic (exact) mass is 458 g/mol. The van der Waals surface area contributed by atoms with Crippen LogP contribution in [0.4, 0.5) is 11.8 Å². The van der Waals surface area contributed by atoms with E-state index >= 15 is 0 Å². The first-order valence-electron chi connectivity index (χ1n) is 9.25. The number of nitrogens with zero attached hydrogens (tertiary/aromatic N) is 3. The molecule has 4 nitrogen and oxygen atoms in total. The van der Waals surface area contributed by atoms with E-state index in [1.165, 1.54) is 28.4 Å². The minimum absolute atomic E-state index is 0.176. The van der Waals surface area contributed by atoms with Gasteiger partial charge in [-0.15, -0.1) is 0 Å². The van der Waals surface area contributed by atoms with Crippen molar-refractivity contribution in [2.24, 2.45) is 0 Å². The molecule has 1 atom stereocenters. The van der Waals surface area contributed by atoms with Crippen LogP contribution in [-0.2, 0) is 0 Å². The Labute approximate surface area is 168 Å². The van der Waals surface area contributed by atoms with Gasteiger partial charge in [0.1, 0.15) is 5.82 Å². The lowest BCUT2D eigenvalue weighted by Crippen LogP contribution is -2.31. The third-order valence-corrected chi connectivity index (χ3v) is 5.94. The molecular formula is C21H23IN4. The predicted octanol–water partition coefficient (Wildman–Crippen LogP) is 5.40. The van der Waals surface area contributed by atoms with Gasteiger partial charge in [0.25, 0.3) is 0 Å². The summed E-state index contributed by atoms with van der Waals surface area (Å²) < 4.78 is 1.26. The molecule has 0 radical (unpaired) electrons. The Balaban J connectivity index is 1.71. The molecule has 1 N–H and O–H groups in total. The third-order valence-electron chi connectivity index (χ3n) is 4.96. The molecule has 26 heavy (non-hydrogen) atoms. The second kappa shape index (κ2) is 7.78. The van der Waals surface area contributed by atoms with Crippen LogP contribution >= 0.6 is 22.6 Å². The van der Waals surface area contributed by atoms with Crippen molar-refractivity contribution in [3.63, 3.8) is 0 Å². The van der Waals surface area contributed by atoms with Crippen molar-refractivity contribution >= 4 is 45.3 Å². The van der Waals surface area contributed by atoms with E-state index in [1.54, 1.807) is 0 Å². The van der Waals surface area contributed by atoms with E-state index in [2.05, 4.69) is 76.1 Å². The first-order valence-corrected chi connectivity index (χ1v) is 10.3. The van der Waals surface area contributed by atoms with Crippen molar-refractivity contribution in [2.75, 3.05) is 23.3 Å². The predicted molar refractivity (Wildman–Crippen MR) is 117 cm³/mol. The number of piperidine rings is 1. The number of hydrogen-bond acceptors (Lipinski definition) is 4. The fourth-order valence-corrected chi connectivity index (χ4v) is 4.37. The molecule has 0 bridgehead atoms. The number of anilines is 2. The second-order valence-corrected chi connectivity index (χ2v) is 7.99. The number of nitrogens with one attached hydrogen (secondary N) is 1. The Morgan fingerprint density at radius 2 is 1.69 bits per heavy atom. The van der Waals surface area contributed by atoms with Gasteiger partial charge < -0.3 is 10.2 Å². The fourth-order valence-electron chi connectivity index (χ4n) is 3.52. The summed E-state index contributed by atoms with van der Waals surface area (Å²) in [6, 6.07) is 16.9. The maximum Gasteiger partial charge on any atom is 0.227 e. The molecule has 1 aliphatic rings. The minimum atomic E-state index is 0.176. The first-order chi connectivity index (χ1) is 12.7. The Kier molecular flexibility index (Phi) is 5.24. The number of benzene rings is 2. The van der Waals surface area contributed by atoms with Crippen molar-refractivity contribution in [2.45, 2.75) is 32.2 Å². The summed E-state index contributed by atoms with van der Waals surface area (Å²) in [5.41, 5.74) is 2.29. The normalized spacial score (nSPS) is 15.8. The van der Waals surface area contributed by atoms with Gasteiger partial charge in [0, 0.05) is 22.0 Å². The van der Waals surface area contributed by atoms with Crippen LogP contribution in [0.1, 0.15) is 37.8 Å². The first kappa shape index (κ1) is 17.5. The molecule has 2 heterocycles. The minimum Gasteiger partial charge on any atom is -0.363 e. The topological polar surface area (TPSA) is 41.1 Å². The Bertz CT molecular complexity index is 905. The molecule has 1 saturated heterocycles.